The van der Waals surface area contributed by atoms with E-state index in [9.17, 15) is 9.59 Å². The van der Waals surface area contributed by atoms with Crippen molar-refractivity contribution in [1.29, 1.82) is 0 Å². The topological polar surface area (TPSA) is 153 Å². The van der Waals surface area contributed by atoms with Gasteiger partial charge in [0.2, 0.25) is 0 Å². The van der Waals surface area contributed by atoms with Crippen molar-refractivity contribution in [2.75, 3.05) is 12.3 Å². The Bertz CT molecular complexity index is 267. The molecule has 1 unspecified atom stereocenters. The number of carboxylic acids is 2. The van der Waals surface area contributed by atoms with Crippen molar-refractivity contribution in [3.63, 3.8) is 0 Å². The van der Waals surface area contributed by atoms with E-state index in [-0.39, 0.29) is 11.0 Å². The van der Waals surface area contributed by atoms with Crippen LogP contribution in [0.15, 0.2) is 0 Å². The quantitative estimate of drug-likeness (QED) is 0.332. The molecule has 8 N–H and O–H groups in total. The Morgan fingerprint density at radius 1 is 1.18 bits per heavy atom. The number of hydrogen-bond acceptors (Lipinski definition) is 7. The van der Waals surface area contributed by atoms with E-state index in [1.807, 2.05) is 0 Å². The molecule has 0 spiro atoms. The lowest BCUT2D eigenvalue weighted by molar-refractivity contribution is -0.139. The van der Waals surface area contributed by atoms with E-state index >= 15 is 0 Å². The van der Waals surface area contributed by atoms with Crippen molar-refractivity contribution in [3.8, 4) is 0 Å². The lowest BCUT2D eigenvalue weighted by Crippen LogP contribution is -2.41. The minimum absolute atomic E-state index is 0.188. The first-order valence-electron chi connectivity index (χ1n) is 4.85. The Morgan fingerprint density at radius 2 is 1.76 bits per heavy atom. The van der Waals surface area contributed by atoms with Gasteiger partial charge in [0.1, 0.15) is 12.1 Å². The molecular weight excluding hydrogens is 266 g/mol. The molecule has 0 aromatic heterocycles. The predicted octanol–water partition coefficient (Wildman–Crippen LogP) is -1.09. The monoisotopic (exact) mass is 283 g/mol. The summed E-state index contributed by atoms with van der Waals surface area (Å²) in [7, 11) is 2.41. The van der Waals surface area contributed by atoms with Crippen LogP contribution in [-0.4, -0.2) is 51.8 Å². The van der Waals surface area contributed by atoms with Crippen molar-refractivity contribution in [1.82, 2.24) is 0 Å². The molecule has 0 saturated carbocycles. The van der Waals surface area contributed by atoms with Crippen LogP contribution in [0.25, 0.3) is 0 Å². The summed E-state index contributed by atoms with van der Waals surface area (Å²) in [5, 5.41) is 17.0. The fraction of sp³-hybridized carbons (Fsp3) is 0.750. The Hall–Kier alpha value is -0.480. The molecule has 0 aromatic rings. The van der Waals surface area contributed by atoms with Gasteiger partial charge in [-0.25, -0.2) is 0 Å². The first-order valence-corrected chi connectivity index (χ1v) is 7.23. The molecule has 0 fully saturated rings. The van der Waals surface area contributed by atoms with Crippen LogP contribution in [0.5, 0.6) is 0 Å². The predicted molar refractivity (Wildman–Crippen MR) is 68.7 cm³/mol. The zero-order valence-electron chi connectivity index (χ0n) is 9.11. The number of hydrogen-bond donors (Lipinski definition) is 5. The average molecular weight is 283 g/mol. The second kappa shape index (κ2) is 8.59. The van der Waals surface area contributed by atoms with Crippen molar-refractivity contribution in [2.45, 2.75) is 23.8 Å². The molecule has 0 radical (unpaired) electrons. The normalized spacial score (nSPS) is 16.2. The van der Waals surface area contributed by atoms with Crippen LogP contribution < -0.4 is 17.2 Å². The SMILES string of the molecule is NCCC(SSC[C@H](N)C(=O)O)[C@H](N)C(=O)O. The van der Waals surface area contributed by atoms with E-state index in [0.29, 0.717) is 13.0 Å². The van der Waals surface area contributed by atoms with E-state index < -0.39 is 24.0 Å². The van der Waals surface area contributed by atoms with Crippen LogP contribution in [0.3, 0.4) is 0 Å². The van der Waals surface area contributed by atoms with E-state index in [4.69, 9.17) is 27.4 Å². The highest BCUT2D eigenvalue weighted by Crippen LogP contribution is 2.30. The van der Waals surface area contributed by atoms with Gasteiger partial charge < -0.3 is 27.4 Å². The lowest BCUT2D eigenvalue weighted by Gasteiger charge is -2.19. The third-order valence-electron chi connectivity index (χ3n) is 1.89. The summed E-state index contributed by atoms with van der Waals surface area (Å²) < 4.78 is 0. The van der Waals surface area contributed by atoms with Gasteiger partial charge in [0, 0.05) is 11.0 Å². The molecule has 0 heterocycles. The summed E-state index contributed by atoms with van der Waals surface area (Å²) in [6, 6.07) is -1.98. The van der Waals surface area contributed by atoms with Crippen LogP contribution in [0.1, 0.15) is 6.42 Å². The smallest absolute Gasteiger partial charge is 0.321 e. The minimum Gasteiger partial charge on any atom is -0.480 e. The van der Waals surface area contributed by atoms with Crippen molar-refractivity contribution < 1.29 is 19.8 Å². The van der Waals surface area contributed by atoms with E-state index in [2.05, 4.69) is 0 Å². The van der Waals surface area contributed by atoms with Gasteiger partial charge in [-0.3, -0.25) is 9.59 Å². The highest BCUT2D eigenvalue weighted by atomic mass is 33.1. The van der Waals surface area contributed by atoms with E-state index in [1.54, 1.807) is 0 Å². The molecule has 0 aliphatic carbocycles. The molecule has 0 aliphatic heterocycles. The Kier molecular flexibility index (Phi) is 8.35. The Balaban J connectivity index is 4.09. The summed E-state index contributed by atoms with van der Waals surface area (Å²) >= 11 is 0. The first kappa shape index (κ1) is 16.5. The zero-order chi connectivity index (χ0) is 13.4. The molecule has 0 rings (SSSR count). The summed E-state index contributed by atoms with van der Waals surface area (Å²) in [5.41, 5.74) is 16.2. The van der Waals surface area contributed by atoms with Gasteiger partial charge in [-0.1, -0.05) is 21.6 Å². The fourth-order valence-corrected chi connectivity index (χ4v) is 3.74. The summed E-state index contributed by atoms with van der Waals surface area (Å²) in [4.78, 5) is 21.2. The number of nitrogens with two attached hydrogens (primary N) is 3. The van der Waals surface area contributed by atoms with Gasteiger partial charge in [0.15, 0.2) is 0 Å². The Labute approximate surface area is 107 Å². The maximum atomic E-state index is 10.7. The summed E-state index contributed by atoms with van der Waals surface area (Å²) in [6.07, 6.45) is 0.452. The molecule has 17 heavy (non-hydrogen) atoms. The van der Waals surface area contributed by atoms with E-state index in [1.165, 1.54) is 21.6 Å². The second-order valence-electron chi connectivity index (χ2n) is 3.31. The van der Waals surface area contributed by atoms with Gasteiger partial charge >= 0.3 is 11.9 Å². The van der Waals surface area contributed by atoms with Gasteiger partial charge in [-0.2, -0.15) is 0 Å². The summed E-state index contributed by atoms with van der Waals surface area (Å²) in [5.74, 6) is -2.00. The van der Waals surface area contributed by atoms with Gasteiger partial charge in [0.05, 0.1) is 0 Å². The molecule has 0 amide bonds. The zero-order valence-corrected chi connectivity index (χ0v) is 10.7. The third kappa shape index (κ3) is 6.74. The fourth-order valence-electron chi connectivity index (χ4n) is 0.882. The van der Waals surface area contributed by atoms with Crippen LogP contribution in [0.4, 0.5) is 0 Å². The number of carbonyl (C=O) groups is 2. The molecule has 0 aliphatic rings. The largest absolute Gasteiger partial charge is 0.480 e. The van der Waals surface area contributed by atoms with Crippen LogP contribution in [0.2, 0.25) is 0 Å². The Morgan fingerprint density at radius 3 is 2.18 bits per heavy atom. The lowest BCUT2D eigenvalue weighted by atomic mass is 10.1. The van der Waals surface area contributed by atoms with Crippen molar-refractivity contribution in [2.24, 2.45) is 17.2 Å². The van der Waals surface area contributed by atoms with E-state index in [0.717, 1.165) is 0 Å². The molecule has 0 aromatic carbocycles. The molecule has 100 valence electrons. The highest BCUT2D eigenvalue weighted by molar-refractivity contribution is 8.77. The molecule has 0 bridgehead atoms. The minimum atomic E-state index is -1.10. The van der Waals surface area contributed by atoms with Crippen LogP contribution in [0, 0.1) is 0 Å². The maximum Gasteiger partial charge on any atom is 0.321 e. The van der Waals surface area contributed by atoms with Crippen molar-refractivity contribution in [3.05, 3.63) is 0 Å². The number of aliphatic carboxylic acids is 2. The van der Waals surface area contributed by atoms with Crippen LogP contribution in [-0.2, 0) is 9.59 Å². The van der Waals surface area contributed by atoms with Gasteiger partial charge in [-0.15, -0.1) is 0 Å². The molecular formula is C8H17N3O4S2. The van der Waals surface area contributed by atoms with Gasteiger partial charge in [-0.05, 0) is 13.0 Å². The molecule has 3 atom stereocenters. The van der Waals surface area contributed by atoms with Crippen LogP contribution >= 0.6 is 21.6 Å². The number of rotatable bonds is 9. The average Bonchev–Trinajstić information content (AvgIpc) is 2.26. The first-order chi connectivity index (χ1) is 7.90. The van der Waals surface area contributed by atoms with Gasteiger partial charge in [0.25, 0.3) is 0 Å². The summed E-state index contributed by atoms with van der Waals surface area (Å²) in [6.45, 7) is 0.324. The number of carboxylic acid groups (broad SMARTS) is 2. The highest BCUT2D eigenvalue weighted by Gasteiger charge is 2.25. The third-order valence-corrected chi connectivity index (χ3v) is 4.86. The molecule has 9 heteroatoms. The second-order valence-corrected chi connectivity index (χ2v) is 5.96. The molecule has 7 nitrogen and oxygen atoms in total. The standard InChI is InChI=1S/C8H17N3O4S2/c9-2-1-5(6(11)8(14)15)17-16-3-4(10)7(12)13/h4-6H,1-3,9-11H2,(H,12,13)(H,14,15)/t4-,5?,6-/m0/s1. The van der Waals surface area contributed by atoms with Crippen molar-refractivity contribution >= 4 is 33.5 Å². The maximum absolute atomic E-state index is 10.7. The molecule has 0 saturated heterocycles.